The average molecular weight is 349 g/mol. The van der Waals surface area contributed by atoms with E-state index >= 15 is 0 Å². The molecular formula is C13H15BrF2N2O2. The monoisotopic (exact) mass is 348 g/mol. The van der Waals surface area contributed by atoms with E-state index in [1.54, 1.807) is 11.8 Å². The molecule has 0 spiro atoms. The summed E-state index contributed by atoms with van der Waals surface area (Å²) in [5, 5.41) is 2.60. The van der Waals surface area contributed by atoms with Gasteiger partial charge in [0.15, 0.2) is 0 Å². The summed E-state index contributed by atoms with van der Waals surface area (Å²) in [5.41, 5.74) is -0.290. The molecule has 0 saturated carbocycles. The zero-order chi connectivity index (χ0) is 14.7. The van der Waals surface area contributed by atoms with E-state index in [4.69, 9.17) is 4.74 Å². The Hall–Kier alpha value is -1.21. The Balaban J connectivity index is 2.07. The fourth-order valence-electron chi connectivity index (χ4n) is 2.02. The number of ether oxygens (including phenoxy) is 1. The average Bonchev–Trinajstić information content (AvgIpc) is 2.42. The molecule has 1 aromatic carbocycles. The van der Waals surface area contributed by atoms with E-state index in [1.807, 2.05) is 0 Å². The number of carbonyl (C=O) groups is 1. The van der Waals surface area contributed by atoms with Crippen LogP contribution in [0.15, 0.2) is 16.6 Å². The van der Waals surface area contributed by atoms with Gasteiger partial charge in [-0.25, -0.2) is 8.78 Å². The number of nitrogens with zero attached hydrogens (tertiary/aromatic N) is 1. The number of halogens is 3. The van der Waals surface area contributed by atoms with E-state index in [1.165, 1.54) is 0 Å². The molecule has 0 aromatic heterocycles. The van der Waals surface area contributed by atoms with Gasteiger partial charge in [-0.1, -0.05) is 15.9 Å². The van der Waals surface area contributed by atoms with Crippen molar-refractivity contribution >= 4 is 27.5 Å². The van der Waals surface area contributed by atoms with Gasteiger partial charge in [-0.15, -0.1) is 0 Å². The molecule has 0 bridgehead atoms. The lowest BCUT2D eigenvalue weighted by Gasteiger charge is -2.29. The van der Waals surface area contributed by atoms with Crippen LogP contribution in [-0.4, -0.2) is 43.2 Å². The number of morpholine rings is 1. The lowest BCUT2D eigenvalue weighted by molar-refractivity contribution is -0.135. The van der Waals surface area contributed by atoms with Gasteiger partial charge < -0.3 is 15.0 Å². The predicted molar refractivity (Wildman–Crippen MR) is 74.5 cm³/mol. The third kappa shape index (κ3) is 3.46. The smallest absolute Gasteiger partial charge is 0.244 e. The van der Waals surface area contributed by atoms with E-state index in [0.717, 1.165) is 12.1 Å². The SMILES string of the molecule is CC(Nc1c(F)cc(Br)cc1F)C(=O)N1CCOCC1. The van der Waals surface area contributed by atoms with Gasteiger partial charge in [-0.2, -0.15) is 0 Å². The van der Waals surface area contributed by atoms with E-state index in [9.17, 15) is 13.6 Å². The first kappa shape index (κ1) is 15.2. The molecule has 20 heavy (non-hydrogen) atoms. The minimum atomic E-state index is -0.737. The lowest BCUT2D eigenvalue weighted by Crippen LogP contribution is -2.47. The predicted octanol–water partition coefficient (Wildman–Crippen LogP) is 2.39. The first-order chi connectivity index (χ1) is 9.49. The summed E-state index contributed by atoms with van der Waals surface area (Å²) in [4.78, 5) is 13.8. The molecule has 1 amide bonds. The molecule has 2 rings (SSSR count). The first-order valence-electron chi connectivity index (χ1n) is 6.26. The third-order valence-electron chi connectivity index (χ3n) is 3.06. The zero-order valence-corrected chi connectivity index (χ0v) is 12.5. The van der Waals surface area contributed by atoms with Gasteiger partial charge in [0.1, 0.15) is 23.4 Å². The number of hydrogen-bond donors (Lipinski definition) is 1. The van der Waals surface area contributed by atoms with Crippen LogP contribution in [0.2, 0.25) is 0 Å². The number of rotatable bonds is 3. The minimum absolute atomic E-state index is 0.199. The van der Waals surface area contributed by atoms with Crippen molar-refractivity contribution < 1.29 is 18.3 Å². The van der Waals surface area contributed by atoms with Crippen LogP contribution in [0.1, 0.15) is 6.92 Å². The van der Waals surface area contributed by atoms with Gasteiger partial charge in [0.05, 0.1) is 13.2 Å². The molecule has 7 heteroatoms. The standard InChI is InChI=1S/C13H15BrF2N2O2/c1-8(13(19)18-2-4-20-5-3-18)17-12-10(15)6-9(14)7-11(12)16/h6-8,17H,2-5H2,1H3. The Morgan fingerprint density at radius 3 is 2.45 bits per heavy atom. The Morgan fingerprint density at radius 2 is 1.90 bits per heavy atom. The number of benzene rings is 1. The summed E-state index contributed by atoms with van der Waals surface area (Å²) in [6.07, 6.45) is 0. The van der Waals surface area contributed by atoms with E-state index in [2.05, 4.69) is 21.2 Å². The van der Waals surface area contributed by atoms with Gasteiger partial charge >= 0.3 is 0 Å². The second-order valence-electron chi connectivity index (χ2n) is 4.55. The molecular weight excluding hydrogens is 334 g/mol. The molecule has 1 heterocycles. The van der Waals surface area contributed by atoms with Crippen molar-refractivity contribution in [2.75, 3.05) is 31.6 Å². The molecule has 1 aliphatic heterocycles. The van der Waals surface area contributed by atoms with Crippen molar-refractivity contribution in [2.24, 2.45) is 0 Å². The number of hydrogen-bond acceptors (Lipinski definition) is 3. The maximum atomic E-state index is 13.7. The largest absolute Gasteiger partial charge is 0.378 e. The van der Waals surface area contributed by atoms with E-state index in [-0.39, 0.29) is 11.6 Å². The second kappa shape index (κ2) is 6.49. The Bertz CT molecular complexity index is 484. The van der Waals surface area contributed by atoms with Gasteiger partial charge in [0.2, 0.25) is 5.91 Å². The van der Waals surface area contributed by atoms with Gasteiger partial charge in [0.25, 0.3) is 0 Å². The molecule has 4 nitrogen and oxygen atoms in total. The fourth-order valence-corrected chi connectivity index (χ4v) is 2.42. The van der Waals surface area contributed by atoms with Crippen LogP contribution in [0, 0.1) is 11.6 Å². The summed E-state index contributed by atoms with van der Waals surface area (Å²) in [7, 11) is 0. The topological polar surface area (TPSA) is 41.6 Å². The zero-order valence-electron chi connectivity index (χ0n) is 11.0. The van der Waals surface area contributed by atoms with Crippen LogP contribution >= 0.6 is 15.9 Å². The highest BCUT2D eigenvalue weighted by Gasteiger charge is 2.24. The molecule has 1 fully saturated rings. The van der Waals surface area contributed by atoms with Gasteiger partial charge in [-0.05, 0) is 19.1 Å². The van der Waals surface area contributed by atoms with Crippen LogP contribution in [0.5, 0.6) is 0 Å². The molecule has 110 valence electrons. The Morgan fingerprint density at radius 1 is 1.35 bits per heavy atom. The van der Waals surface area contributed by atoms with Crippen LogP contribution in [-0.2, 0) is 9.53 Å². The highest BCUT2D eigenvalue weighted by Crippen LogP contribution is 2.24. The van der Waals surface area contributed by atoms with Crippen molar-refractivity contribution in [3.05, 3.63) is 28.2 Å². The summed E-state index contributed by atoms with van der Waals surface area (Å²) in [6.45, 7) is 3.55. The fraction of sp³-hybridized carbons (Fsp3) is 0.462. The van der Waals surface area contributed by atoms with E-state index in [0.29, 0.717) is 30.8 Å². The van der Waals surface area contributed by atoms with Crippen molar-refractivity contribution in [2.45, 2.75) is 13.0 Å². The Kier molecular flexibility index (Phi) is 4.93. The summed E-state index contributed by atoms with van der Waals surface area (Å²) in [6, 6.07) is 1.59. The maximum absolute atomic E-state index is 13.7. The first-order valence-corrected chi connectivity index (χ1v) is 7.06. The molecule has 0 radical (unpaired) electrons. The second-order valence-corrected chi connectivity index (χ2v) is 5.46. The van der Waals surface area contributed by atoms with Crippen LogP contribution in [0.25, 0.3) is 0 Å². The summed E-state index contributed by atoms with van der Waals surface area (Å²) in [5.74, 6) is -1.67. The number of anilines is 1. The lowest BCUT2D eigenvalue weighted by atomic mass is 10.2. The molecule has 1 atom stereocenters. The van der Waals surface area contributed by atoms with Gasteiger partial charge in [0, 0.05) is 17.6 Å². The molecule has 1 saturated heterocycles. The third-order valence-corrected chi connectivity index (χ3v) is 3.52. The number of carbonyl (C=O) groups excluding carboxylic acids is 1. The minimum Gasteiger partial charge on any atom is -0.378 e. The van der Waals surface area contributed by atoms with Crippen molar-refractivity contribution in [3.8, 4) is 0 Å². The quantitative estimate of drug-likeness (QED) is 0.911. The van der Waals surface area contributed by atoms with Crippen LogP contribution in [0.4, 0.5) is 14.5 Å². The van der Waals surface area contributed by atoms with Crippen molar-refractivity contribution in [3.63, 3.8) is 0 Å². The molecule has 1 aromatic rings. The molecule has 0 aliphatic carbocycles. The summed E-state index contributed by atoms with van der Waals surface area (Å²) < 4.78 is 32.9. The van der Waals surface area contributed by atoms with E-state index < -0.39 is 17.7 Å². The van der Waals surface area contributed by atoms with Gasteiger partial charge in [-0.3, -0.25) is 4.79 Å². The molecule has 1 N–H and O–H groups in total. The maximum Gasteiger partial charge on any atom is 0.244 e. The van der Waals surface area contributed by atoms with Crippen LogP contribution < -0.4 is 5.32 Å². The van der Waals surface area contributed by atoms with Crippen molar-refractivity contribution in [1.29, 1.82) is 0 Å². The highest BCUT2D eigenvalue weighted by molar-refractivity contribution is 9.10. The summed E-state index contributed by atoms with van der Waals surface area (Å²) >= 11 is 3.01. The Labute approximate surface area is 124 Å². The van der Waals surface area contributed by atoms with Crippen molar-refractivity contribution in [1.82, 2.24) is 4.90 Å². The molecule has 1 unspecified atom stereocenters. The normalized spacial score (nSPS) is 16.9. The highest BCUT2D eigenvalue weighted by atomic mass is 79.9. The molecule has 1 aliphatic rings. The number of amides is 1. The van der Waals surface area contributed by atoms with Crippen LogP contribution in [0.3, 0.4) is 0 Å². The number of nitrogens with one attached hydrogen (secondary N) is 1.